The Bertz CT molecular complexity index is 1780. The number of benzene rings is 4. The molecule has 0 saturated carbocycles. The van der Waals surface area contributed by atoms with E-state index in [4.69, 9.17) is 16.3 Å². The van der Waals surface area contributed by atoms with Crippen LogP contribution in [-0.4, -0.2) is 29.6 Å². The Balaban J connectivity index is 1.11. The molecule has 0 atom stereocenters. The van der Waals surface area contributed by atoms with Crippen LogP contribution in [0.4, 0.5) is 16.5 Å². The SMILES string of the molecule is Cc1ccc(Nc2nc(-c3ccc(C(=O)N/N=C/c4ccc(OCC(=O)Nc5ccccc5Cl)c(Br)c4)cc3)cs2)cc1. The molecule has 0 spiro atoms. The topological polar surface area (TPSA) is 105 Å². The van der Waals surface area contributed by atoms with Gasteiger partial charge in [0.15, 0.2) is 11.7 Å². The predicted molar refractivity (Wildman–Crippen MR) is 177 cm³/mol. The molecule has 0 saturated heterocycles. The van der Waals surface area contributed by atoms with Gasteiger partial charge in [-0.3, -0.25) is 9.59 Å². The first kappa shape index (κ1) is 30.0. The van der Waals surface area contributed by atoms with Gasteiger partial charge in [-0.15, -0.1) is 11.3 Å². The number of nitrogens with zero attached hydrogens (tertiary/aromatic N) is 2. The highest BCUT2D eigenvalue weighted by atomic mass is 79.9. The molecule has 216 valence electrons. The molecule has 11 heteroatoms. The largest absolute Gasteiger partial charge is 0.483 e. The maximum absolute atomic E-state index is 12.6. The number of aryl methyl sites for hydroxylation is 1. The zero-order valence-electron chi connectivity index (χ0n) is 22.8. The Morgan fingerprint density at radius 1 is 1.02 bits per heavy atom. The average Bonchev–Trinajstić information content (AvgIpc) is 3.47. The molecule has 0 aliphatic carbocycles. The van der Waals surface area contributed by atoms with E-state index in [1.165, 1.54) is 23.1 Å². The maximum Gasteiger partial charge on any atom is 0.271 e. The second-order valence-corrected chi connectivity index (χ2v) is 11.4. The average molecular weight is 675 g/mol. The maximum atomic E-state index is 12.6. The number of halogens is 2. The first-order valence-electron chi connectivity index (χ1n) is 13.0. The van der Waals surface area contributed by atoms with E-state index in [2.05, 4.69) is 42.1 Å². The zero-order chi connectivity index (χ0) is 30.2. The highest BCUT2D eigenvalue weighted by molar-refractivity contribution is 9.10. The molecule has 0 aliphatic heterocycles. The van der Waals surface area contributed by atoms with Crippen molar-refractivity contribution in [2.75, 3.05) is 17.2 Å². The van der Waals surface area contributed by atoms with E-state index >= 15 is 0 Å². The highest BCUT2D eigenvalue weighted by Crippen LogP contribution is 2.28. The van der Waals surface area contributed by atoms with Crippen molar-refractivity contribution in [3.63, 3.8) is 0 Å². The summed E-state index contributed by atoms with van der Waals surface area (Å²) in [4.78, 5) is 29.5. The number of carbonyl (C=O) groups is 2. The number of ether oxygens (including phenoxy) is 1. The van der Waals surface area contributed by atoms with Crippen LogP contribution < -0.4 is 20.8 Å². The molecule has 5 aromatic rings. The molecule has 0 radical (unpaired) electrons. The second-order valence-electron chi connectivity index (χ2n) is 9.31. The Hall–Kier alpha value is -4.51. The van der Waals surface area contributed by atoms with Gasteiger partial charge < -0.3 is 15.4 Å². The molecule has 1 heterocycles. The summed E-state index contributed by atoms with van der Waals surface area (Å²) in [6, 6.07) is 27.5. The van der Waals surface area contributed by atoms with Crippen LogP contribution in [-0.2, 0) is 4.79 Å². The van der Waals surface area contributed by atoms with E-state index in [-0.39, 0.29) is 18.4 Å². The minimum absolute atomic E-state index is 0.194. The number of thiazole rings is 1. The molecule has 2 amide bonds. The third-order valence-corrected chi connectivity index (χ3v) is 7.80. The van der Waals surface area contributed by atoms with Gasteiger partial charge in [0.25, 0.3) is 11.8 Å². The van der Waals surface area contributed by atoms with Gasteiger partial charge in [0.05, 0.1) is 27.1 Å². The van der Waals surface area contributed by atoms with Crippen LogP contribution in [0.15, 0.2) is 106 Å². The van der Waals surface area contributed by atoms with Crippen molar-refractivity contribution >= 4 is 73.4 Å². The van der Waals surface area contributed by atoms with Crippen molar-refractivity contribution in [1.29, 1.82) is 0 Å². The first-order chi connectivity index (χ1) is 20.8. The van der Waals surface area contributed by atoms with Crippen LogP contribution >= 0.6 is 38.9 Å². The lowest BCUT2D eigenvalue weighted by atomic mass is 10.1. The summed E-state index contributed by atoms with van der Waals surface area (Å²) in [7, 11) is 0. The summed E-state index contributed by atoms with van der Waals surface area (Å²) < 4.78 is 6.24. The summed E-state index contributed by atoms with van der Waals surface area (Å²) >= 11 is 11.0. The molecule has 4 aromatic carbocycles. The number of aromatic nitrogens is 1. The first-order valence-corrected chi connectivity index (χ1v) is 15.1. The van der Waals surface area contributed by atoms with Gasteiger partial charge in [-0.25, -0.2) is 10.4 Å². The van der Waals surface area contributed by atoms with E-state index in [1.54, 1.807) is 54.6 Å². The summed E-state index contributed by atoms with van der Waals surface area (Å²) in [6.07, 6.45) is 1.52. The quantitative estimate of drug-likeness (QED) is 0.103. The fraction of sp³-hybridized carbons (Fsp3) is 0.0625. The monoisotopic (exact) mass is 673 g/mol. The van der Waals surface area contributed by atoms with E-state index < -0.39 is 0 Å². The van der Waals surface area contributed by atoms with Crippen LogP contribution in [0.2, 0.25) is 5.02 Å². The molecule has 1 aromatic heterocycles. The third-order valence-electron chi connectivity index (χ3n) is 6.09. The molecule has 0 unspecified atom stereocenters. The van der Waals surface area contributed by atoms with Crippen LogP contribution in [0, 0.1) is 6.92 Å². The van der Waals surface area contributed by atoms with E-state index in [1.807, 2.05) is 48.7 Å². The van der Waals surface area contributed by atoms with Gasteiger partial charge in [-0.2, -0.15) is 5.10 Å². The number of hydrogen-bond acceptors (Lipinski definition) is 7. The van der Waals surface area contributed by atoms with Gasteiger partial charge in [0.1, 0.15) is 5.75 Å². The third kappa shape index (κ3) is 8.29. The second kappa shape index (κ2) is 14.1. The van der Waals surface area contributed by atoms with Gasteiger partial charge >= 0.3 is 0 Å². The molecule has 3 N–H and O–H groups in total. The molecule has 8 nitrogen and oxygen atoms in total. The lowest BCUT2D eigenvalue weighted by molar-refractivity contribution is -0.118. The predicted octanol–water partition coefficient (Wildman–Crippen LogP) is 8.06. The molecule has 0 aliphatic rings. The van der Waals surface area contributed by atoms with Crippen LogP contribution in [0.1, 0.15) is 21.5 Å². The smallest absolute Gasteiger partial charge is 0.271 e. The van der Waals surface area contributed by atoms with Crippen LogP contribution in [0.5, 0.6) is 5.75 Å². The highest BCUT2D eigenvalue weighted by Gasteiger charge is 2.10. The normalized spacial score (nSPS) is 10.9. The molecule has 0 bridgehead atoms. The van der Waals surface area contributed by atoms with Crippen molar-refractivity contribution in [2.45, 2.75) is 6.92 Å². The van der Waals surface area contributed by atoms with E-state index in [0.29, 0.717) is 32.1 Å². The number of rotatable bonds is 10. The lowest BCUT2D eigenvalue weighted by Crippen LogP contribution is -2.20. The zero-order valence-corrected chi connectivity index (χ0v) is 26.0. The van der Waals surface area contributed by atoms with Crippen LogP contribution in [0.3, 0.4) is 0 Å². The van der Waals surface area contributed by atoms with Crippen molar-refractivity contribution < 1.29 is 14.3 Å². The van der Waals surface area contributed by atoms with Crippen LogP contribution in [0.25, 0.3) is 11.3 Å². The Morgan fingerprint density at radius 3 is 2.53 bits per heavy atom. The summed E-state index contributed by atoms with van der Waals surface area (Å²) in [5.74, 6) is -0.201. The molecule has 43 heavy (non-hydrogen) atoms. The molecule has 5 rings (SSSR count). The number of para-hydroxylation sites is 1. The number of carbonyl (C=O) groups excluding carboxylic acids is 2. The minimum atomic E-state index is -0.341. The van der Waals surface area contributed by atoms with Gasteiger partial charge in [0.2, 0.25) is 0 Å². The van der Waals surface area contributed by atoms with Crippen molar-refractivity contribution in [2.24, 2.45) is 5.10 Å². The minimum Gasteiger partial charge on any atom is -0.483 e. The van der Waals surface area contributed by atoms with Gasteiger partial charge in [-0.1, -0.05) is 53.6 Å². The lowest BCUT2D eigenvalue weighted by Gasteiger charge is -2.10. The van der Waals surface area contributed by atoms with Gasteiger partial charge in [0, 0.05) is 22.2 Å². The number of amides is 2. The van der Waals surface area contributed by atoms with Crippen molar-refractivity contribution in [3.8, 4) is 17.0 Å². The number of hydrogen-bond donors (Lipinski definition) is 3. The molecule has 0 fully saturated rings. The fourth-order valence-electron chi connectivity index (χ4n) is 3.85. The molecular formula is C32H25BrClN5O3S. The number of nitrogens with one attached hydrogen (secondary N) is 3. The molecular weight excluding hydrogens is 650 g/mol. The Kier molecular flexibility index (Phi) is 9.83. The van der Waals surface area contributed by atoms with E-state index in [0.717, 1.165) is 22.1 Å². The van der Waals surface area contributed by atoms with Crippen molar-refractivity contribution in [3.05, 3.63) is 123 Å². The Morgan fingerprint density at radius 2 is 1.79 bits per heavy atom. The summed E-state index contributed by atoms with van der Waals surface area (Å²) in [5.41, 5.74) is 8.14. The van der Waals surface area contributed by atoms with Gasteiger partial charge in [-0.05, 0) is 83.0 Å². The number of hydrazone groups is 1. The summed E-state index contributed by atoms with van der Waals surface area (Å²) in [6.45, 7) is 1.85. The van der Waals surface area contributed by atoms with E-state index in [9.17, 15) is 9.59 Å². The Labute approximate surface area is 265 Å². The van der Waals surface area contributed by atoms with Crippen molar-refractivity contribution in [1.82, 2.24) is 10.4 Å². The number of anilines is 3. The summed E-state index contributed by atoms with van der Waals surface area (Å²) in [5, 5.41) is 13.3. The fourth-order valence-corrected chi connectivity index (χ4v) is 5.29. The standard InChI is InChI=1S/C32H25BrClN5O3S/c1-20-6-13-24(14-7-20)36-32-38-28(19-43-32)22-9-11-23(12-10-22)31(41)39-35-17-21-8-15-29(25(33)16-21)42-18-30(40)37-27-5-3-2-4-26(27)34/h2-17,19H,18H2,1H3,(H,36,38)(H,37,40)(H,39,41)/b35-17+.